The van der Waals surface area contributed by atoms with E-state index < -0.39 is 12.1 Å². The fourth-order valence-electron chi connectivity index (χ4n) is 3.21. The van der Waals surface area contributed by atoms with E-state index in [2.05, 4.69) is 48.3 Å². The Morgan fingerprint density at radius 3 is 2.50 bits per heavy atom. The van der Waals surface area contributed by atoms with Gasteiger partial charge in [-0.2, -0.15) is 0 Å². The molecule has 2 aromatic carbocycles. The zero-order valence-corrected chi connectivity index (χ0v) is 20.0. The molecule has 1 N–H and O–H groups in total. The van der Waals surface area contributed by atoms with Crippen molar-refractivity contribution >= 4 is 48.9 Å². The van der Waals surface area contributed by atoms with E-state index in [0.29, 0.717) is 26.0 Å². The van der Waals surface area contributed by atoms with E-state index in [1.54, 1.807) is 12.1 Å². The number of benzene rings is 2. The molecule has 1 heterocycles. The molecule has 1 unspecified atom stereocenters. The van der Waals surface area contributed by atoms with Crippen LogP contribution in [0.25, 0.3) is 11.0 Å². The highest BCUT2D eigenvalue weighted by atomic mass is 79.9. The number of alkyl halides is 1. The minimum Gasteiger partial charge on any atom is -0.479 e. The first-order valence-electron chi connectivity index (χ1n) is 9.36. The molecular weight excluding hydrogens is 521 g/mol. The molecule has 0 aliphatic carbocycles. The predicted molar refractivity (Wildman–Crippen MR) is 121 cm³/mol. The number of carboxylic acid groups (broad SMARTS) is 1. The average molecular weight is 543 g/mol. The number of aromatic nitrogens is 2. The van der Waals surface area contributed by atoms with Gasteiger partial charge in [0.15, 0.2) is 5.75 Å². The zero-order chi connectivity index (χ0) is 22.0. The molecular formula is C21H22Br2FN3O3. The highest BCUT2D eigenvalue weighted by Gasteiger charge is 2.19. The van der Waals surface area contributed by atoms with Gasteiger partial charge in [0.25, 0.3) is 0 Å². The van der Waals surface area contributed by atoms with Crippen LogP contribution in [0, 0.1) is 0 Å². The lowest BCUT2D eigenvalue weighted by Gasteiger charge is -2.13. The number of hydrogen-bond donors (Lipinski definition) is 1. The number of imidazole rings is 1. The Balaban J connectivity index is 1.91. The Morgan fingerprint density at radius 1 is 1.27 bits per heavy atom. The Labute approximate surface area is 190 Å². The molecule has 0 spiro atoms. The van der Waals surface area contributed by atoms with Gasteiger partial charge in [-0.15, -0.1) is 0 Å². The summed E-state index contributed by atoms with van der Waals surface area (Å²) in [7, 11) is 4.02. The lowest BCUT2D eigenvalue weighted by Crippen LogP contribution is -2.17. The maximum atomic E-state index is 13.6. The van der Waals surface area contributed by atoms with E-state index in [4.69, 9.17) is 14.8 Å². The normalized spacial score (nSPS) is 12.5. The average Bonchev–Trinajstić information content (AvgIpc) is 3.00. The van der Waals surface area contributed by atoms with Gasteiger partial charge >= 0.3 is 5.97 Å². The third-order valence-corrected chi connectivity index (χ3v) is 5.71. The van der Waals surface area contributed by atoms with Crippen LogP contribution in [0.2, 0.25) is 0 Å². The van der Waals surface area contributed by atoms with Crippen LogP contribution >= 0.6 is 31.9 Å². The molecule has 0 aliphatic rings. The van der Waals surface area contributed by atoms with E-state index in [1.807, 2.05) is 32.3 Å². The van der Waals surface area contributed by atoms with E-state index in [0.717, 1.165) is 29.9 Å². The largest absolute Gasteiger partial charge is 0.479 e. The van der Waals surface area contributed by atoms with Gasteiger partial charge in [0, 0.05) is 19.0 Å². The van der Waals surface area contributed by atoms with Crippen molar-refractivity contribution in [2.24, 2.45) is 0 Å². The number of hydrogen-bond acceptors (Lipinski definition) is 4. The number of carboxylic acids is 1. The van der Waals surface area contributed by atoms with Crippen LogP contribution in [0.15, 0.2) is 39.3 Å². The van der Waals surface area contributed by atoms with Gasteiger partial charge < -0.3 is 19.3 Å². The Hall–Kier alpha value is -1.97. The van der Waals surface area contributed by atoms with E-state index in [1.165, 1.54) is 0 Å². The summed E-state index contributed by atoms with van der Waals surface area (Å²) in [6.45, 7) is 3.61. The van der Waals surface area contributed by atoms with Crippen LogP contribution in [0.1, 0.15) is 18.3 Å². The molecule has 0 saturated heterocycles. The molecule has 0 bridgehead atoms. The first-order chi connectivity index (χ1) is 14.2. The van der Waals surface area contributed by atoms with Crippen molar-refractivity contribution in [3.63, 3.8) is 0 Å². The second-order valence-corrected chi connectivity index (χ2v) is 8.87. The minimum atomic E-state index is -1.95. The van der Waals surface area contributed by atoms with Crippen molar-refractivity contribution in [3.05, 3.63) is 50.7 Å². The van der Waals surface area contributed by atoms with Crippen molar-refractivity contribution in [1.82, 2.24) is 14.5 Å². The van der Waals surface area contributed by atoms with E-state index >= 15 is 0 Å². The smallest absolute Gasteiger partial charge is 0.338 e. The number of fused-ring (bicyclic) bond motifs is 1. The first kappa shape index (κ1) is 22.7. The molecule has 30 heavy (non-hydrogen) atoms. The topological polar surface area (TPSA) is 67.6 Å². The summed E-state index contributed by atoms with van der Waals surface area (Å²) in [6, 6.07) is 9.05. The minimum absolute atomic E-state index is 0.219. The number of rotatable bonds is 8. The summed E-state index contributed by atoms with van der Waals surface area (Å²) >= 11 is 6.89. The molecule has 160 valence electrons. The van der Waals surface area contributed by atoms with E-state index in [9.17, 15) is 9.18 Å². The number of carbonyl (C=O) groups is 1. The van der Waals surface area contributed by atoms with E-state index in [-0.39, 0.29) is 6.42 Å². The number of ether oxygens (including phenoxy) is 1. The molecule has 6 nitrogen and oxygen atoms in total. The second-order valence-electron chi connectivity index (χ2n) is 7.16. The lowest BCUT2D eigenvalue weighted by molar-refractivity contribution is -0.142. The van der Waals surface area contributed by atoms with Crippen molar-refractivity contribution in [1.29, 1.82) is 0 Å². The third kappa shape index (κ3) is 5.01. The third-order valence-electron chi connectivity index (χ3n) is 4.53. The van der Waals surface area contributed by atoms with Gasteiger partial charge in [0.1, 0.15) is 11.6 Å². The summed E-state index contributed by atoms with van der Waals surface area (Å²) in [6.07, 6.45) is -2.17. The quantitative estimate of drug-likeness (QED) is 0.413. The molecule has 0 radical (unpaired) electrons. The molecule has 3 rings (SSSR count). The summed E-state index contributed by atoms with van der Waals surface area (Å²) in [4.78, 5) is 17.6. The number of nitrogens with zero attached hydrogens (tertiary/aromatic N) is 3. The predicted octanol–water partition coefficient (Wildman–Crippen LogP) is 5.40. The molecule has 0 fully saturated rings. The maximum absolute atomic E-state index is 13.6. The fourth-order valence-corrected chi connectivity index (χ4v) is 4.66. The van der Waals surface area contributed by atoms with Crippen LogP contribution in [0.3, 0.4) is 0 Å². The molecule has 1 atom stereocenters. The van der Waals surface area contributed by atoms with Gasteiger partial charge in [0.05, 0.1) is 26.5 Å². The van der Waals surface area contributed by atoms with Gasteiger partial charge in [0.2, 0.25) is 6.17 Å². The van der Waals surface area contributed by atoms with Gasteiger partial charge in [-0.1, -0.05) is 0 Å². The maximum Gasteiger partial charge on any atom is 0.338 e. The van der Waals surface area contributed by atoms with Crippen molar-refractivity contribution in [2.75, 3.05) is 14.1 Å². The highest BCUT2D eigenvalue weighted by molar-refractivity contribution is 9.11. The highest BCUT2D eigenvalue weighted by Crippen LogP contribution is 2.39. The summed E-state index contributed by atoms with van der Waals surface area (Å²) < 4.78 is 23.0. The molecule has 0 amide bonds. The number of aliphatic carboxylic acids is 1. The Bertz CT molecular complexity index is 1060. The standard InChI is InChI=1S/C21H22Br2FN3O3/c1-4-27-18-10-13(5-6-17(18)25-19(27)11-26(2)3)30-20-14(22)7-12(8-15(20)23)9-16(24)21(28)29/h5-8,10,16H,4,9,11H2,1-3H3,(H,28,29). The Morgan fingerprint density at radius 2 is 1.93 bits per heavy atom. The summed E-state index contributed by atoms with van der Waals surface area (Å²) in [5, 5.41) is 8.78. The van der Waals surface area contributed by atoms with Gasteiger partial charge in [-0.3, -0.25) is 0 Å². The van der Waals surface area contributed by atoms with Crippen LogP contribution in [-0.2, 0) is 24.3 Å². The van der Waals surface area contributed by atoms with Gasteiger partial charge in [-0.25, -0.2) is 14.2 Å². The van der Waals surface area contributed by atoms with Crippen LogP contribution in [0.5, 0.6) is 11.5 Å². The van der Waals surface area contributed by atoms with Crippen molar-refractivity contribution in [2.45, 2.75) is 32.6 Å². The molecule has 3 aromatic rings. The van der Waals surface area contributed by atoms with Crippen LogP contribution in [-0.4, -0.2) is 45.8 Å². The summed E-state index contributed by atoms with van der Waals surface area (Å²) in [5.41, 5.74) is 2.43. The monoisotopic (exact) mass is 541 g/mol. The molecule has 0 aliphatic heterocycles. The van der Waals surface area contributed by atoms with Crippen molar-refractivity contribution < 1.29 is 19.0 Å². The zero-order valence-electron chi connectivity index (χ0n) is 16.8. The number of aryl methyl sites for hydroxylation is 1. The molecule has 9 heteroatoms. The van der Waals surface area contributed by atoms with Crippen LogP contribution in [0.4, 0.5) is 4.39 Å². The number of halogens is 3. The van der Waals surface area contributed by atoms with Crippen molar-refractivity contribution in [3.8, 4) is 11.5 Å². The molecule has 0 saturated carbocycles. The van der Waals surface area contributed by atoms with Gasteiger partial charge in [-0.05, 0) is 82.7 Å². The SMILES string of the molecule is CCn1c(CN(C)C)nc2ccc(Oc3c(Br)cc(CC(F)C(=O)O)cc3Br)cc21. The fraction of sp³-hybridized carbons (Fsp3) is 0.333. The summed E-state index contributed by atoms with van der Waals surface area (Å²) in [5.74, 6) is 0.675. The Kier molecular flexibility index (Phi) is 7.15. The molecule has 1 aromatic heterocycles. The lowest BCUT2D eigenvalue weighted by atomic mass is 10.1. The van der Waals surface area contributed by atoms with Crippen LogP contribution < -0.4 is 4.74 Å². The first-order valence-corrected chi connectivity index (χ1v) is 10.9. The second kappa shape index (κ2) is 9.45.